The van der Waals surface area contributed by atoms with Gasteiger partial charge in [0.15, 0.2) is 0 Å². The highest BCUT2D eigenvalue weighted by Crippen LogP contribution is 2.27. The van der Waals surface area contributed by atoms with Gasteiger partial charge < -0.3 is 5.32 Å². The number of halogens is 2. The van der Waals surface area contributed by atoms with Crippen molar-refractivity contribution in [2.24, 2.45) is 0 Å². The standard InChI is InChI=1S/C19H20F2N2O3S/c20-14-9-10-18(17(21)12-14)22-19(24)13-15-6-4-5-11-23(15)27(25,26)16-7-2-1-3-8-16/h1-3,7-10,12,15H,4-6,11,13H2,(H,22,24)/t15-/m1/s1. The molecule has 0 aliphatic carbocycles. The summed E-state index contributed by atoms with van der Waals surface area (Å²) in [5, 5.41) is 2.39. The van der Waals surface area contributed by atoms with Crippen LogP contribution in [0.25, 0.3) is 0 Å². The van der Waals surface area contributed by atoms with Crippen LogP contribution in [0.4, 0.5) is 14.5 Å². The Morgan fingerprint density at radius 1 is 1.11 bits per heavy atom. The number of nitrogens with zero attached hydrogens (tertiary/aromatic N) is 1. The average Bonchev–Trinajstić information content (AvgIpc) is 2.65. The van der Waals surface area contributed by atoms with Crippen LogP contribution in [-0.2, 0) is 14.8 Å². The van der Waals surface area contributed by atoms with Crippen LogP contribution < -0.4 is 5.32 Å². The van der Waals surface area contributed by atoms with E-state index in [-0.39, 0.29) is 17.0 Å². The van der Waals surface area contributed by atoms with Crippen LogP contribution in [0, 0.1) is 11.6 Å². The first-order chi connectivity index (χ1) is 12.9. The molecule has 0 bridgehead atoms. The van der Waals surface area contributed by atoms with Crippen molar-refractivity contribution in [3.05, 3.63) is 60.2 Å². The maximum absolute atomic E-state index is 13.7. The third-order valence-electron chi connectivity index (χ3n) is 4.55. The molecule has 0 spiro atoms. The van der Waals surface area contributed by atoms with Gasteiger partial charge in [-0.25, -0.2) is 17.2 Å². The van der Waals surface area contributed by atoms with Crippen LogP contribution in [0.5, 0.6) is 0 Å². The Labute approximate surface area is 157 Å². The summed E-state index contributed by atoms with van der Waals surface area (Å²) in [5.41, 5.74) is -0.130. The highest BCUT2D eigenvalue weighted by molar-refractivity contribution is 7.89. The number of nitrogens with one attached hydrogen (secondary N) is 1. The van der Waals surface area contributed by atoms with E-state index >= 15 is 0 Å². The Balaban J connectivity index is 1.75. The quantitative estimate of drug-likeness (QED) is 0.844. The number of piperidine rings is 1. The summed E-state index contributed by atoms with van der Waals surface area (Å²) in [6.45, 7) is 0.333. The summed E-state index contributed by atoms with van der Waals surface area (Å²) in [4.78, 5) is 12.5. The summed E-state index contributed by atoms with van der Waals surface area (Å²) in [7, 11) is -3.71. The largest absolute Gasteiger partial charge is 0.324 e. The van der Waals surface area contributed by atoms with Crippen molar-refractivity contribution in [1.29, 1.82) is 0 Å². The van der Waals surface area contributed by atoms with Crippen LogP contribution in [0.3, 0.4) is 0 Å². The first kappa shape index (κ1) is 19.4. The Bertz CT molecular complexity index is 920. The smallest absolute Gasteiger partial charge is 0.243 e. The molecule has 0 radical (unpaired) electrons. The summed E-state index contributed by atoms with van der Waals surface area (Å²) >= 11 is 0. The number of carbonyl (C=O) groups is 1. The number of anilines is 1. The summed E-state index contributed by atoms with van der Waals surface area (Å²) < 4.78 is 53.9. The fraction of sp³-hybridized carbons (Fsp3) is 0.316. The molecule has 0 saturated carbocycles. The minimum Gasteiger partial charge on any atom is -0.324 e. The normalized spacial score (nSPS) is 18.2. The topological polar surface area (TPSA) is 66.5 Å². The predicted molar refractivity (Wildman–Crippen MR) is 97.6 cm³/mol. The second kappa shape index (κ2) is 8.14. The molecular formula is C19H20F2N2O3S. The van der Waals surface area contributed by atoms with Crippen LogP contribution in [0.15, 0.2) is 53.4 Å². The van der Waals surface area contributed by atoms with Gasteiger partial charge in [-0.2, -0.15) is 4.31 Å². The van der Waals surface area contributed by atoms with Gasteiger partial charge in [0, 0.05) is 25.1 Å². The maximum atomic E-state index is 13.7. The zero-order valence-electron chi connectivity index (χ0n) is 14.6. The minimum atomic E-state index is -3.71. The van der Waals surface area contributed by atoms with E-state index in [1.54, 1.807) is 18.2 Å². The van der Waals surface area contributed by atoms with E-state index in [0.29, 0.717) is 19.0 Å². The van der Waals surface area contributed by atoms with Crippen molar-refractivity contribution in [2.45, 2.75) is 36.6 Å². The van der Waals surface area contributed by atoms with Crippen LogP contribution in [0.2, 0.25) is 0 Å². The van der Waals surface area contributed by atoms with Gasteiger partial charge in [-0.3, -0.25) is 4.79 Å². The average molecular weight is 394 g/mol. The van der Waals surface area contributed by atoms with E-state index in [1.165, 1.54) is 16.4 Å². The van der Waals surface area contributed by atoms with Crippen molar-refractivity contribution in [1.82, 2.24) is 4.31 Å². The van der Waals surface area contributed by atoms with Gasteiger partial charge in [0.1, 0.15) is 11.6 Å². The molecule has 5 nitrogen and oxygen atoms in total. The first-order valence-corrected chi connectivity index (χ1v) is 10.1. The van der Waals surface area contributed by atoms with E-state index in [0.717, 1.165) is 25.0 Å². The Morgan fingerprint density at radius 3 is 2.56 bits per heavy atom. The van der Waals surface area contributed by atoms with Gasteiger partial charge in [0.2, 0.25) is 15.9 Å². The molecule has 8 heteroatoms. The van der Waals surface area contributed by atoms with Crippen LogP contribution >= 0.6 is 0 Å². The molecule has 1 N–H and O–H groups in total. The van der Waals surface area contributed by atoms with Crippen molar-refractivity contribution in [3.8, 4) is 0 Å². The predicted octanol–water partition coefficient (Wildman–Crippen LogP) is 3.54. The first-order valence-electron chi connectivity index (χ1n) is 8.70. The SMILES string of the molecule is O=C(C[C@H]1CCCCN1S(=O)(=O)c1ccccc1)Nc1ccc(F)cc1F. The molecule has 1 fully saturated rings. The van der Waals surface area contributed by atoms with Gasteiger partial charge >= 0.3 is 0 Å². The molecule has 1 heterocycles. The lowest BCUT2D eigenvalue weighted by molar-refractivity contribution is -0.117. The third kappa shape index (κ3) is 4.51. The number of sulfonamides is 1. The van der Waals surface area contributed by atoms with Gasteiger partial charge in [0.25, 0.3) is 0 Å². The molecular weight excluding hydrogens is 374 g/mol. The van der Waals surface area contributed by atoms with Gasteiger partial charge in [-0.05, 0) is 37.1 Å². The summed E-state index contributed by atoms with van der Waals surface area (Å²) in [6.07, 6.45) is 1.98. The fourth-order valence-corrected chi connectivity index (χ4v) is 4.94. The zero-order chi connectivity index (χ0) is 19.4. The number of rotatable bonds is 5. The van der Waals surface area contributed by atoms with E-state index in [2.05, 4.69) is 5.32 Å². The molecule has 0 aromatic heterocycles. The van der Waals surface area contributed by atoms with Gasteiger partial charge in [-0.15, -0.1) is 0 Å². The molecule has 0 unspecified atom stereocenters. The molecule has 1 aliphatic rings. The molecule has 1 amide bonds. The second-order valence-corrected chi connectivity index (χ2v) is 8.35. The number of carbonyl (C=O) groups excluding carboxylic acids is 1. The van der Waals surface area contributed by atoms with Crippen molar-refractivity contribution >= 4 is 21.6 Å². The molecule has 1 aliphatic heterocycles. The van der Waals surface area contributed by atoms with Crippen molar-refractivity contribution in [3.63, 3.8) is 0 Å². The number of hydrogen-bond acceptors (Lipinski definition) is 3. The monoisotopic (exact) mass is 394 g/mol. The number of hydrogen-bond donors (Lipinski definition) is 1. The van der Waals surface area contributed by atoms with E-state index in [1.807, 2.05) is 0 Å². The van der Waals surface area contributed by atoms with E-state index in [4.69, 9.17) is 0 Å². The Morgan fingerprint density at radius 2 is 1.85 bits per heavy atom. The number of amides is 1. The van der Waals surface area contributed by atoms with E-state index in [9.17, 15) is 22.0 Å². The molecule has 144 valence electrons. The lowest BCUT2D eigenvalue weighted by Gasteiger charge is -2.34. The lowest BCUT2D eigenvalue weighted by atomic mass is 10.0. The minimum absolute atomic E-state index is 0.0944. The molecule has 2 aromatic rings. The lowest BCUT2D eigenvalue weighted by Crippen LogP contribution is -2.45. The van der Waals surface area contributed by atoms with Crippen molar-refractivity contribution in [2.75, 3.05) is 11.9 Å². The molecule has 1 saturated heterocycles. The van der Waals surface area contributed by atoms with Gasteiger partial charge in [0.05, 0.1) is 10.6 Å². The summed E-state index contributed by atoms with van der Waals surface area (Å²) in [5.74, 6) is -2.13. The fourth-order valence-electron chi connectivity index (χ4n) is 3.23. The zero-order valence-corrected chi connectivity index (χ0v) is 15.4. The van der Waals surface area contributed by atoms with Gasteiger partial charge in [-0.1, -0.05) is 24.6 Å². The maximum Gasteiger partial charge on any atom is 0.243 e. The van der Waals surface area contributed by atoms with Crippen LogP contribution in [0.1, 0.15) is 25.7 Å². The van der Waals surface area contributed by atoms with Crippen molar-refractivity contribution < 1.29 is 22.0 Å². The molecule has 2 aromatic carbocycles. The Hall–Kier alpha value is -2.32. The second-order valence-electron chi connectivity index (χ2n) is 6.45. The number of benzene rings is 2. The Kier molecular flexibility index (Phi) is 5.86. The summed E-state index contributed by atoms with van der Waals surface area (Å²) in [6, 6.07) is 10.4. The third-order valence-corrected chi connectivity index (χ3v) is 6.52. The van der Waals surface area contributed by atoms with E-state index < -0.39 is 33.6 Å². The molecule has 1 atom stereocenters. The highest BCUT2D eigenvalue weighted by Gasteiger charge is 2.34. The van der Waals surface area contributed by atoms with Crippen LogP contribution in [-0.4, -0.2) is 31.2 Å². The highest BCUT2D eigenvalue weighted by atomic mass is 32.2. The molecule has 27 heavy (non-hydrogen) atoms. The molecule has 3 rings (SSSR count).